The normalized spacial score (nSPS) is 18.0. The lowest BCUT2D eigenvalue weighted by Crippen LogP contribution is -2.48. The van der Waals surface area contributed by atoms with E-state index in [1.807, 2.05) is 11.0 Å². The van der Waals surface area contributed by atoms with Crippen molar-refractivity contribution in [1.82, 2.24) is 9.80 Å². The number of anilines is 1. The predicted octanol–water partition coefficient (Wildman–Crippen LogP) is 2.03. The maximum Gasteiger partial charge on any atom is 0.253 e. The van der Waals surface area contributed by atoms with Gasteiger partial charge in [0, 0.05) is 44.8 Å². The third-order valence-electron chi connectivity index (χ3n) is 5.23. The summed E-state index contributed by atoms with van der Waals surface area (Å²) in [5, 5.41) is 4.26. The number of carbonyl (C=O) groups is 1. The molecule has 1 amide bonds. The number of hydrogen-bond acceptors (Lipinski definition) is 5. The average Bonchev–Trinajstić information content (AvgIpc) is 3.30. The monoisotopic (exact) mass is 405 g/mol. The summed E-state index contributed by atoms with van der Waals surface area (Å²) in [5.41, 5.74) is 3.61. The van der Waals surface area contributed by atoms with Crippen molar-refractivity contribution in [3.63, 3.8) is 0 Å². The molecule has 27 heavy (non-hydrogen) atoms. The van der Waals surface area contributed by atoms with Gasteiger partial charge in [-0.1, -0.05) is 0 Å². The van der Waals surface area contributed by atoms with Crippen LogP contribution in [0.3, 0.4) is 0 Å². The minimum atomic E-state index is -3.26. The largest absolute Gasteiger partial charge is 0.336 e. The van der Waals surface area contributed by atoms with Gasteiger partial charge in [-0.25, -0.2) is 8.42 Å². The fourth-order valence-electron chi connectivity index (χ4n) is 3.78. The summed E-state index contributed by atoms with van der Waals surface area (Å²) < 4.78 is 25.1. The van der Waals surface area contributed by atoms with Crippen LogP contribution in [0.5, 0.6) is 0 Å². The van der Waals surface area contributed by atoms with E-state index < -0.39 is 10.0 Å². The van der Waals surface area contributed by atoms with Crippen LogP contribution in [0.15, 0.2) is 35.0 Å². The summed E-state index contributed by atoms with van der Waals surface area (Å²) in [6, 6.07) is 7.53. The lowest BCUT2D eigenvalue weighted by Gasteiger charge is -2.34. The number of carbonyl (C=O) groups excluding carboxylic acids is 1. The number of rotatable bonds is 4. The zero-order valence-electron chi connectivity index (χ0n) is 15.3. The Hall–Kier alpha value is -1.90. The van der Waals surface area contributed by atoms with Gasteiger partial charge < -0.3 is 4.90 Å². The zero-order chi connectivity index (χ0) is 19.0. The second kappa shape index (κ2) is 7.26. The second-order valence-corrected chi connectivity index (χ2v) is 9.82. The number of hydrogen-bond donors (Lipinski definition) is 0. The molecule has 1 aromatic carbocycles. The van der Waals surface area contributed by atoms with E-state index in [1.165, 1.54) is 16.1 Å². The van der Waals surface area contributed by atoms with Crippen molar-refractivity contribution in [3.8, 4) is 0 Å². The van der Waals surface area contributed by atoms with Crippen molar-refractivity contribution >= 4 is 33.0 Å². The van der Waals surface area contributed by atoms with Gasteiger partial charge in [-0.15, -0.1) is 0 Å². The highest BCUT2D eigenvalue weighted by atomic mass is 32.2. The van der Waals surface area contributed by atoms with E-state index in [0.717, 1.165) is 38.3 Å². The van der Waals surface area contributed by atoms with E-state index in [9.17, 15) is 13.2 Å². The molecule has 0 atom stereocenters. The van der Waals surface area contributed by atoms with Crippen LogP contribution in [0, 0.1) is 0 Å². The molecule has 2 aromatic rings. The molecule has 1 fully saturated rings. The minimum absolute atomic E-state index is 0.0331. The molecule has 6 nitrogen and oxygen atoms in total. The first kappa shape index (κ1) is 18.5. The Balaban J connectivity index is 1.41. The lowest BCUT2D eigenvalue weighted by molar-refractivity contribution is 0.0628. The fourth-order valence-corrected chi connectivity index (χ4v) is 5.40. The number of amides is 1. The highest BCUT2D eigenvalue weighted by molar-refractivity contribution is 7.92. The highest BCUT2D eigenvalue weighted by Crippen LogP contribution is 2.31. The molecule has 0 N–H and O–H groups in total. The smallest absolute Gasteiger partial charge is 0.253 e. The molecule has 8 heteroatoms. The van der Waals surface area contributed by atoms with Crippen molar-refractivity contribution in [3.05, 3.63) is 51.7 Å². The Morgan fingerprint density at radius 2 is 1.89 bits per heavy atom. The Morgan fingerprint density at radius 1 is 1.11 bits per heavy atom. The molecule has 1 saturated heterocycles. The quantitative estimate of drug-likeness (QED) is 0.781. The number of piperazine rings is 1. The molecule has 0 aliphatic carbocycles. The van der Waals surface area contributed by atoms with Crippen molar-refractivity contribution in [1.29, 1.82) is 0 Å². The van der Waals surface area contributed by atoms with Crippen LogP contribution in [-0.2, 0) is 23.0 Å². The number of thiophene rings is 1. The molecule has 0 unspecified atom stereocenters. The number of benzene rings is 1. The summed E-state index contributed by atoms with van der Waals surface area (Å²) >= 11 is 1.71. The van der Waals surface area contributed by atoms with E-state index in [-0.39, 0.29) is 5.91 Å². The predicted molar refractivity (Wildman–Crippen MR) is 108 cm³/mol. The maximum atomic E-state index is 12.9. The Labute approximate surface area is 164 Å². The molecule has 0 spiro atoms. The van der Waals surface area contributed by atoms with Gasteiger partial charge in [0.2, 0.25) is 10.0 Å². The third-order valence-corrected chi connectivity index (χ3v) is 7.14. The van der Waals surface area contributed by atoms with Gasteiger partial charge >= 0.3 is 0 Å². The SMILES string of the molecule is CS(=O)(=O)N1CCc2cc(C(=O)N3CCN(Cc4ccsc4)CC3)ccc21. The van der Waals surface area contributed by atoms with E-state index >= 15 is 0 Å². The van der Waals surface area contributed by atoms with Gasteiger partial charge in [0.1, 0.15) is 0 Å². The molecule has 0 radical (unpaired) electrons. The number of nitrogens with zero attached hydrogens (tertiary/aromatic N) is 3. The maximum absolute atomic E-state index is 12.9. The first-order valence-corrected chi connectivity index (χ1v) is 11.8. The summed E-state index contributed by atoms with van der Waals surface area (Å²) in [7, 11) is -3.26. The van der Waals surface area contributed by atoms with Crippen molar-refractivity contribution in [2.75, 3.05) is 43.3 Å². The Morgan fingerprint density at radius 3 is 2.56 bits per heavy atom. The first-order chi connectivity index (χ1) is 12.9. The summed E-state index contributed by atoms with van der Waals surface area (Å²) in [6.07, 6.45) is 1.87. The van der Waals surface area contributed by atoms with E-state index in [2.05, 4.69) is 21.7 Å². The van der Waals surface area contributed by atoms with Crippen LogP contribution >= 0.6 is 11.3 Å². The molecular formula is C19H23N3O3S2. The van der Waals surface area contributed by atoms with Crippen molar-refractivity contribution < 1.29 is 13.2 Å². The van der Waals surface area contributed by atoms with Crippen molar-refractivity contribution in [2.45, 2.75) is 13.0 Å². The first-order valence-electron chi connectivity index (χ1n) is 9.05. The molecule has 1 aromatic heterocycles. The van der Waals surface area contributed by atoms with E-state index in [4.69, 9.17) is 0 Å². The van der Waals surface area contributed by atoms with Crippen LogP contribution in [0.25, 0.3) is 0 Å². The lowest BCUT2D eigenvalue weighted by atomic mass is 10.1. The molecule has 2 aliphatic heterocycles. The van der Waals surface area contributed by atoms with E-state index in [0.29, 0.717) is 24.2 Å². The van der Waals surface area contributed by atoms with Crippen molar-refractivity contribution in [2.24, 2.45) is 0 Å². The molecule has 144 valence electrons. The Bertz CT molecular complexity index is 933. The van der Waals surface area contributed by atoms with E-state index in [1.54, 1.807) is 23.5 Å². The zero-order valence-corrected chi connectivity index (χ0v) is 16.9. The molecule has 4 rings (SSSR count). The van der Waals surface area contributed by atoms with Crippen LogP contribution in [0.1, 0.15) is 21.5 Å². The van der Waals surface area contributed by atoms with Gasteiger partial charge in [0.25, 0.3) is 5.91 Å². The topological polar surface area (TPSA) is 60.9 Å². The summed E-state index contributed by atoms with van der Waals surface area (Å²) in [5.74, 6) is 0.0331. The number of sulfonamides is 1. The average molecular weight is 406 g/mol. The molecule has 0 saturated carbocycles. The molecule has 0 bridgehead atoms. The van der Waals surface area contributed by atoms with Crippen LogP contribution in [0.2, 0.25) is 0 Å². The van der Waals surface area contributed by atoms with Gasteiger partial charge in [-0.3, -0.25) is 14.0 Å². The van der Waals surface area contributed by atoms with Crippen LogP contribution < -0.4 is 4.31 Å². The van der Waals surface area contributed by atoms with Gasteiger partial charge in [0.15, 0.2) is 0 Å². The summed E-state index contributed by atoms with van der Waals surface area (Å²) in [6.45, 7) is 4.56. The highest BCUT2D eigenvalue weighted by Gasteiger charge is 2.28. The fraction of sp³-hybridized carbons (Fsp3) is 0.421. The van der Waals surface area contributed by atoms with Crippen LogP contribution in [0.4, 0.5) is 5.69 Å². The minimum Gasteiger partial charge on any atom is -0.336 e. The molecular weight excluding hydrogens is 382 g/mol. The van der Waals surface area contributed by atoms with Gasteiger partial charge in [0.05, 0.1) is 11.9 Å². The Kier molecular flexibility index (Phi) is 4.96. The van der Waals surface area contributed by atoms with Crippen LogP contribution in [-0.4, -0.2) is 63.1 Å². The number of fused-ring (bicyclic) bond motifs is 1. The third kappa shape index (κ3) is 3.88. The molecule has 2 aliphatic rings. The van der Waals surface area contributed by atoms with Gasteiger partial charge in [-0.2, -0.15) is 11.3 Å². The second-order valence-electron chi connectivity index (χ2n) is 7.13. The van der Waals surface area contributed by atoms with Gasteiger partial charge in [-0.05, 0) is 52.6 Å². The summed E-state index contributed by atoms with van der Waals surface area (Å²) in [4.78, 5) is 17.2. The molecule has 3 heterocycles. The standard InChI is InChI=1S/C19H23N3O3S2/c1-27(24,25)22-6-4-16-12-17(2-3-18(16)22)19(23)21-9-7-20(8-10-21)13-15-5-11-26-14-15/h2-3,5,11-12,14H,4,6-10,13H2,1H3.